The van der Waals surface area contributed by atoms with Crippen LogP contribution in [0.25, 0.3) is 0 Å². The van der Waals surface area contributed by atoms with Gasteiger partial charge in [-0.15, -0.1) is 0 Å². The van der Waals surface area contributed by atoms with Crippen LogP contribution in [0, 0.1) is 0 Å². The van der Waals surface area contributed by atoms with Gasteiger partial charge in [0.25, 0.3) is 0 Å². The van der Waals surface area contributed by atoms with Crippen molar-refractivity contribution < 1.29 is 26.4 Å². The fourth-order valence-corrected chi connectivity index (χ4v) is 2.62. The molecule has 106 valence electrons. The summed E-state index contributed by atoms with van der Waals surface area (Å²) in [5.74, 6) is -1.70. The summed E-state index contributed by atoms with van der Waals surface area (Å²) in [6.07, 6.45) is -4.55. The van der Waals surface area contributed by atoms with Crippen LogP contribution in [0.15, 0.2) is 24.3 Å². The maximum atomic E-state index is 12.5. The van der Waals surface area contributed by atoms with Gasteiger partial charge in [-0.1, -0.05) is 18.2 Å². The molecular formula is C11H12F3NO3S. The average Bonchev–Trinajstić information content (AvgIpc) is 2.26. The van der Waals surface area contributed by atoms with E-state index in [2.05, 4.69) is 0 Å². The predicted octanol–water partition coefficient (Wildman–Crippen LogP) is 1.49. The van der Waals surface area contributed by atoms with Crippen LogP contribution in [0.2, 0.25) is 0 Å². The lowest BCUT2D eigenvalue weighted by molar-refractivity contribution is -0.137. The molecule has 0 spiro atoms. The van der Waals surface area contributed by atoms with Gasteiger partial charge in [0.15, 0.2) is 9.84 Å². The van der Waals surface area contributed by atoms with Gasteiger partial charge in [0, 0.05) is 0 Å². The van der Waals surface area contributed by atoms with E-state index >= 15 is 0 Å². The minimum atomic E-state index is -4.55. The van der Waals surface area contributed by atoms with Crippen LogP contribution in [0.1, 0.15) is 18.1 Å². The van der Waals surface area contributed by atoms with Crippen molar-refractivity contribution in [3.05, 3.63) is 35.4 Å². The zero-order valence-electron chi connectivity index (χ0n) is 9.94. The second-order valence-electron chi connectivity index (χ2n) is 4.05. The summed E-state index contributed by atoms with van der Waals surface area (Å²) in [7, 11) is -3.92. The highest BCUT2D eigenvalue weighted by Gasteiger charge is 2.31. The van der Waals surface area contributed by atoms with E-state index in [1.54, 1.807) is 0 Å². The second-order valence-corrected chi connectivity index (χ2v) is 6.37. The van der Waals surface area contributed by atoms with E-state index < -0.39 is 38.5 Å². The Balaban J connectivity index is 3.05. The molecule has 0 saturated heterocycles. The van der Waals surface area contributed by atoms with Crippen molar-refractivity contribution in [3.63, 3.8) is 0 Å². The quantitative estimate of drug-likeness (QED) is 0.914. The number of halogens is 3. The van der Waals surface area contributed by atoms with E-state index in [0.717, 1.165) is 25.1 Å². The number of carbonyl (C=O) groups excluding carboxylic acids is 1. The third-order valence-electron chi connectivity index (χ3n) is 2.56. The third kappa shape index (κ3) is 3.95. The Hall–Kier alpha value is -1.57. The Morgan fingerprint density at radius 3 is 2.42 bits per heavy atom. The zero-order chi connectivity index (χ0) is 14.8. The molecule has 0 bridgehead atoms. The summed E-state index contributed by atoms with van der Waals surface area (Å²) < 4.78 is 60.8. The summed E-state index contributed by atoms with van der Waals surface area (Å²) in [4.78, 5) is 10.8. The normalized spacial score (nSPS) is 14.1. The molecule has 0 radical (unpaired) electrons. The van der Waals surface area contributed by atoms with Crippen LogP contribution in [-0.2, 0) is 26.6 Å². The SMILES string of the molecule is CC(C(N)=O)S(=O)(=O)Cc1cccc(C(F)(F)F)c1. The molecule has 1 atom stereocenters. The topological polar surface area (TPSA) is 77.2 Å². The average molecular weight is 295 g/mol. The molecule has 8 heteroatoms. The third-order valence-corrected chi connectivity index (χ3v) is 4.61. The van der Waals surface area contributed by atoms with Gasteiger partial charge >= 0.3 is 6.18 Å². The van der Waals surface area contributed by atoms with Crippen molar-refractivity contribution in [3.8, 4) is 0 Å². The highest BCUT2D eigenvalue weighted by molar-refractivity contribution is 7.92. The number of carbonyl (C=O) groups is 1. The van der Waals surface area contributed by atoms with Crippen LogP contribution in [0.5, 0.6) is 0 Å². The maximum Gasteiger partial charge on any atom is 0.416 e. The molecular weight excluding hydrogens is 283 g/mol. The molecule has 0 fully saturated rings. The largest absolute Gasteiger partial charge is 0.416 e. The molecule has 1 rings (SSSR count). The molecule has 2 N–H and O–H groups in total. The van der Waals surface area contributed by atoms with Crippen molar-refractivity contribution >= 4 is 15.7 Å². The van der Waals surface area contributed by atoms with Gasteiger partial charge in [-0.2, -0.15) is 13.2 Å². The Bertz CT molecular complexity index is 581. The number of amides is 1. The zero-order valence-corrected chi connectivity index (χ0v) is 10.8. The lowest BCUT2D eigenvalue weighted by Gasteiger charge is -2.11. The standard InChI is InChI=1S/C11H12F3NO3S/c1-7(10(15)16)19(17,18)6-8-3-2-4-9(5-8)11(12,13)14/h2-5,7H,6H2,1H3,(H2,15,16). The highest BCUT2D eigenvalue weighted by atomic mass is 32.2. The lowest BCUT2D eigenvalue weighted by atomic mass is 10.1. The molecule has 0 aliphatic rings. The molecule has 19 heavy (non-hydrogen) atoms. The molecule has 1 aromatic carbocycles. The van der Waals surface area contributed by atoms with Gasteiger partial charge < -0.3 is 5.73 Å². The summed E-state index contributed by atoms with van der Waals surface area (Å²) in [5, 5.41) is -1.44. The Kier molecular flexibility index (Phi) is 4.24. The number of sulfone groups is 1. The summed E-state index contributed by atoms with van der Waals surface area (Å²) in [6.45, 7) is 1.10. The Morgan fingerprint density at radius 1 is 1.37 bits per heavy atom. The first-order valence-corrected chi connectivity index (χ1v) is 6.92. The van der Waals surface area contributed by atoms with E-state index in [4.69, 9.17) is 5.73 Å². The first kappa shape index (κ1) is 15.5. The molecule has 0 saturated carbocycles. The monoisotopic (exact) mass is 295 g/mol. The van der Waals surface area contributed by atoms with Crippen LogP contribution in [0.4, 0.5) is 13.2 Å². The summed E-state index contributed by atoms with van der Waals surface area (Å²) >= 11 is 0. The molecule has 1 amide bonds. The van der Waals surface area contributed by atoms with Gasteiger partial charge in [0.2, 0.25) is 5.91 Å². The Morgan fingerprint density at radius 2 is 1.95 bits per heavy atom. The van der Waals surface area contributed by atoms with Crippen LogP contribution >= 0.6 is 0 Å². The van der Waals surface area contributed by atoms with E-state index in [9.17, 15) is 26.4 Å². The van der Waals surface area contributed by atoms with Crippen LogP contribution in [0.3, 0.4) is 0 Å². The van der Waals surface area contributed by atoms with Gasteiger partial charge in [-0.25, -0.2) is 8.42 Å². The fraction of sp³-hybridized carbons (Fsp3) is 0.364. The van der Waals surface area contributed by atoms with E-state index in [1.165, 1.54) is 6.07 Å². The van der Waals surface area contributed by atoms with Crippen molar-refractivity contribution in [2.24, 2.45) is 5.73 Å². The first-order chi connectivity index (χ1) is 8.54. The number of primary amides is 1. The van der Waals surface area contributed by atoms with Crippen molar-refractivity contribution in [1.82, 2.24) is 0 Å². The van der Waals surface area contributed by atoms with E-state index in [0.29, 0.717) is 0 Å². The minimum Gasteiger partial charge on any atom is -0.369 e. The molecule has 1 aromatic rings. The fourth-order valence-electron chi connectivity index (χ4n) is 1.37. The summed E-state index contributed by atoms with van der Waals surface area (Å²) in [6, 6.07) is 3.95. The van der Waals surface area contributed by atoms with Crippen LogP contribution < -0.4 is 5.73 Å². The predicted molar refractivity (Wildman–Crippen MR) is 62.7 cm³/mol. The smallest absolute Gasteiger partial charge is 0.369 e. The van der Waals surface area contributed by atoms with Crippen molar-refractivity contribution in [1.29, 1.82) is 0 Å². The lowest BCUT2D eigenvalue weighted by Crippen LogP contribution is -2.34. The number of rotatable bonds is 4. The molecule has 0 heterocycles. The molecule has 0 aliphatic carbocycles. The number of hydrogen-bond donors (Lipinski definition) is 1. The highest BCUT2D eigenvalue weighted by Crippen LogP contribution is 2.30. The Labute approximate surface area is 108 Å². The number of benzene rings is 1. The van der Waals surface area contributed by atoms with Gasteiger partial charge in [0.05, 0.1) is 11.3 Å². The number of alkyl halides is 3. The van der Waals surface area contributed by atoms with Crippen molar-refractivity contribution in [2.75, 3.05) is 0 Å². The van der Waals surface area contributed by atoms with Crippen molar-refractivity contribution in [2.45, 2.75) is 24.1 Å². The molecule has 1 unspecified atom stereocenters. The number of nitrogens with two attached hydrogens (primary N) is 1. The van der Waals surface area contributed by atoms with Gasteiger partial charge in [-0.05, 0) is 18.6 Å². The number of hydrogen-bond acceptors (Lipinski definition) is 3. The summed E-state index contributed by atoms with van der Waals surface area (Å²) in [5.41, 5.74) is 3.90. The van der Waals surface area contributed by atoms with E-state index in [1.807, 2.05) is 0 Å². The first-order valence-electron chi connectivity index (χ1n) is 5.21. The van der Waals surface area contributed by atoms with Gasteiger partial charge in [-0.3, -0.25) is 4.79 Å². The second kappa shape index (κ2) is 5.20. The maximum absolute atomic E-state index is 12.5. The van der Waals surface area contributed by atoms with E-state index in [-0.39, 0.29) is 5.56 Å². The molecule has 0 aromatic heterocycles. The van der Waals surface area contributed by atoms with Gasteiger partial charge in [0.1, 0.15) is 5.25 Å². The van der Waals surface area contributed by atoms with Crippen LogP contribution in [-0.4, -0.2) is 19.6 Å². The molecule has 4 nitrogen and oxygen atoms in total. The minimum absolute atomic E-state index is 0.0390. The molecule has 0 aliphatic heterocycles.